The van der Waals surface area contributed by atoms with Gasteiger partial charge < -0.3 is 0 Å². The van der Waals surface area contributed by atoms with Crippen LogP contribution in [-0.4, -0.2) is 8.75 Å². The van der Waals surface area contributed by atoms with E-state index < -0.39 is 0 Å². The van der Waals surface area contributed by atoms with Crippen molar-refractivity contribution in [1.29, 1.82) is 0 Å². The van der Waals surface area contributed by atoms with Crippen molar-refractivity contribution in [1.82, 2.24) is 8.75 Å². The normalized spacial score (nSPS) is 15.3. The molecule has 1 unspecified atom stereocenters. The molecule has 3 aromatic carbocycles. The molecule has 308 valence electrons. The van der Waals surface area contributed by atoms with E-state index in [9.17, 15) is 0 Å². The van der Waals surface area contributed by atoms with Crippen molar-refractivity contribution >= 4 is 22.8 Å². The summed E-state index contributed by atoms with van der Waals surface area (Å²) in [7, 11) is 0. The number of nitrogens with zero attached hydrogens (tertiary/aromatic N) is 2. The summed E-state index contributed by atoms with van der Waals surface area (Å²) in [6, 6.07) is 20.4. The van der Waals surface area contributed by atoms with Crippen LogP contribution in [0.2, 0.25) is 0 Å². The molecule has 0 saturated heterocycles. The van der Waals surface area contributed by atoms with Gasteiger partial charge in [-0.15, -0.1) is 0 Å². The minimum absolute atomic E-state index is 0.0232. The van der Waals surface area contributed by atoms with Crippen LogP contribution in [0.1, 0.15) is 232 Å². The zero-order valence-electron chi connectivity index (χ0n) is 38.1. The lowest BCUT2D eigenvalue weighted by molar-refractivity contribution is 0.297. The first-order valence-corrected chi connectivity index (χ1v) is 24.1. The Bertz CT molecular complexity index is 1860. The Morgan fingerprint density at radius 3 is 1.50 bits per heavy atom. The van der Waals surface area contributed by atoms with Gasteiger partial charge in [0.15, 0.2) is 0 Å². The molecule has 2 nitrogen and oxygen atoms in total. The first-order valence-electron chi connectivity index (χ1n) is 23.4. The molecule has 0 fully saturated rings. The molecule has 0 bridgehead atoms. The molecule has 0 N–H and O–H groups in total. The van der Waals surface area contributed by atoms with Gasteiger partial charge >= 0.3 is 0 Å². The van der Waals surface area contributed by atoms with Crippen LogP contribution in [0.4, 0.5) is 0 Å². The van der Waals surface area contributed by atoms with Crippen molar-refractivity contribution in [3.05, 3.63) is 81.9 Å². The highest BCUT2D eigenvalue weighted by molar-refractivity contribution is 7.00. The van der Waals surface area contributed by atoms with Crippen molar-refractivity contribution in [3.8, 4) is 11.1 Å². The van der Waals surface area contributed by atoms with Gasteiger partial charge in [0.05, 0.1) is 11.7 Å². The van der Waals surface area contributed by atoms with Crippen LogP contribution in [0.15, 0.2) is 48.5 Å². The molecule has 1 aliphatic carbocycles. The highest BCUT2D eigenvalue weighted by Gasteiger charge is 2.45. The molecule has 1 heterocycles. The van der Waals surface area contributed by atoms with Gasteiger partial charge in [0, 0.05) is 5.41 Å². The molecule has 1 aromatic heterocycles. The largest absolute Gasteiger partial charge is 0.173 e. The molecule has 0 amide bonds. The summed E-state index contributed by atoms with van der Waals surface area (Å²) in [4.78, 5) is 0. The Hall–Kier alpha value is -2.52. The van der Waals surface area contributed by atoms with Crippen LogP contribution in [0.5, 0.6) is 0 Å². The highest BCUT2D eigenvalue weighted by Crippen LogP contribution is 2.57. The van der Waals surface area contributed by atoms with E-state index >= 15 is 0 Å². The van der Waals surface area contributed by atoms with E-state index in [0.29, 0.717) is 0 Å². The van der Waals surface area contributed by atoms with E-state index in [2.05, 4.69) is 132 Å². The Labute approximate surface area is 348 Å². The molecule has 5 rings (SSSR count). The fourth-order valence-corrected chi connectivity index (χ4v) is 11.1. The smallest absolute Gasteiger partial charge is 0.108 e. The lowest BCUT2D eigenvalue weighted by atomic mass is 9.65. The summed E-state index contributed by atoms with van der Waals surface area (Å²) >= 11 is 1.39. The Morgan fingerprint density at radius 2 is 1.00 bits per heavy atom. The third-order valence-corrected chi connectivity index (χ3v) is 16.6. The molecule has 1 atom stereocenters. The van der Waals surface area contributed by atoms with Gasteiger partial charge in [-0.1, -0.05) is 183 Å². The van der Waals surface area contributed by atoms with Crippen LogP contribution in [-0.2, 0) is 27.1 Å². The van der Waals surface area contributed by atoms with Crippen molar-refractivity contribution in [3.63, 3.8) is 0 Å². The summed E-state index contributed by atoms with van der Waals surface area (Å²) in [5, 5.41) is 0. The van der Waals surface area contributed by atoms with Crippen molar-refractivity contribution < 1.29 is 0 Å². The molecule has 56 heavy (non-hydrogen) atoms. The van der Waals surface area contributed by atoms with Gasteiger partial charge in [-0.25, -0.2) is 0 Å². The first kappa shape index (κ1) is 44.6. The summed E-state index contributed by atoms with van der Waals surface area (Å²) in [6.45, 7) is 28.8. The quantitative estimate of drug-likeness (QED) is 0.0701. The minimum Gasteiger partial charge on any atom is -0.173 e. The number of unbranched alkanes of at least 4 members (excludes halogenated alkanes) is 6. The number of rotatable bonds is 23. The maximum Gasteiger partial charge on any atom is 0.108 e. The van der Waals surface area contributed by atoms with Crippen LogP contribution in [0.3, 0.4) is 0 Å². The Kier molecular flexibility index (Phi) is 14.8. The zero-order chi connectivity index (χ0) is 40.8. The predicted molar refractivity (Wildman–Crippen MR) is 248 cm³/mol. The summed E-state index contributed by atoms with van der Waals surface area (Å²) in [5.74, 6) is 0. The molecular weight excluding hydrogens is 697 g/mol. The molecule has 3 heteroatoms. The summed E-state index contributed by atoms with van der Waals surface area (Å²) in [6.07, 6.45) is 22.2. The van der Waals surface area contributed by atoms with Crippen molar-refractivity contribution in [2.45, 2.75) is 226 Å². The molecule has 4 aromatic rings. The number of hydrogen-bond donors (Lipinski definition) is 0. The Balaban J connectivity index is 1.61. The number of benzene rings is 3. The second-order valence-corrected chi connectivity index (χ2v) is 19.8. The molecule has 0 spiro atoms. The van der Waals surface area contributed by atoms with Crippen LogP contribution >= 0.6 is 11.7 Å². The second kappa shape index (κ2) is 18.6. The fraction of sp³-hybridized carbons (Fsp3) is 0.660. The van der Waals surface area contributed by atoms with Gasteiger partial charge in [-0.3, -0.25) is 0 Å². The Morgan fingerprint density at radius 1 is 0.500 bits per heavy atom. The van der Waals surface area contributed by atoms with Crippen LogP contribution in [0.25, 0.3) is 22.2 Å². The van der Waals surface area contributed by atoms with Gasteiger partial charge in [-0.05, 0) is 130 Å². The average Bonchev–Trinajstić information content (AvgIpc) is 3.82. The number of aromatic nitrogens is 2. The second-order valence-electron chi connectivity index (χ2n) is 19.3. The third kappa shape index (κ3) is 8.33. The maximum atomic E-state index is 4.99. The number of fused-ring (bicyclic) bond motifs is 4. The molecule has 1 aliphatic rings. The van der Waals surface area contributed by atoms with E-state index in [-0.39, 0.29) is 27.1 Å². The number of hydrogen-bond acceptors (Lipinski definition) is 3. The first-order chi connectivity index (χ1) is 26.8. The molecule has 0 saturated carbocycles. The zero-order valence-corrected chi connectivity index (χ0v) is 39.0. The van der Waals surface area contributed by atoms with Gasteiger partial charge in [0.25, 0.3) is 0 Å². The highest BCUT2D eigenvalue weighted by atomic mass is 32.1. The van der Waals surface area contributed by atoms with E-state index in [4.69, 9.17) is 8.75 Å². The summed E-state index contributed by atoms with van der Waals surface area (Å²) in [5.41, 5.74) is 15.0. The molecule has 0 radical (unpaired) electrons. The topological polar surface area (TPSA) is 25.8 Å². The van der Waals surface area contributed by atoms with Crippen LogP contribution < -0.4 is 0 Å². The monoisotopic (exact) mass is 777 g/mol. The fourth-order valence-electron chi connectivity index (χ4n) is 10.5. The predicted octanol–water partition coefficient (Wildman–Crippen LogP) is 16.9. The van der Waals surface area contributed by atoms with E-state index in [0.717, 1.165) is 43.1 Å². The van der Waals surface area contributed by atoms with E-state index in [1.165, 1.54) is 117 Å². The lowest BCUT2D eigenvalue weighted by Crippen LogP contribution is -2.31. The van der Waals surface area contributed by atoms with E-state index in [1.807, 2.05) is 0 Å². The summed E-state index contributed by atoms with van der Waals surface area (Å²) < 4.78 is 9.91. The average molecular weight is 777 g/mol. The van der Waals surface area contributed by atoms with Gasteiger partial charge in [-0.2, -0.15) is 8.75 Å². The SMILES string of the molecule is CCCCCCC1(CCCCCC)c2cc(C(C)(CC)CC)ccc2-c2ccc(C(CC)(CC)CCC(C)(CC)c3ccc(C(C)(C)CC)c4nsnc34)cc21. The minimum atomic E-state index is 0.0232. The standard InChI is InChI=1S/C53H80N2S/c1-13-21-23-25-33-53(34-26-24-22-14-2)45-37-39(50(11,16-4)17-5)27-29-41(45)42-30-28-40(38-46(42)53)52(19-7,20-8)36-35-51(12,18-6)44-32-31-43(49(9,10)15-3)47-48(44)55-56-54-47/h27-32,37-38H,13-26,33-36H2,1-12H3. The van der Waals surface area contributed by atoms with Crippen molar-refractivity contribution in [2.24, 2.45) is 0 Å². The lowest BCUT2D eigenvalue weighted by Gasteiger charge is -2.39. The van der Waals surface area contributed by atoms with Gasteiger partial charge in [0.2, 0.25) is 0 Å². The third-order valence-electron chi connectivity index (χ3n) is 16.1. The maximum absolute atomic E-state index is 4.99. The molecule has 0 aliphatic heterocycles. The van der Waals surface area contributed by atoms with Crippen LogP contribution in [0, 0.1) is 0 Å². The molecular formula is C53H80N2S. The van der Waals surface area contributed by atoms with E-state index in [1.54, 1.807) is 22.3 Å². The van der Waals surface area contributed by atoms with Crippen molar-refractivity contribution in [2.75, 3.05) is 0 Å². The van der Waals surface area contributed by atoms with Gasteiger partial charge in [0.1, 0.15) is 11.0 Å².